The maximum absolute atomic E-state index is 6.31. The zero-order valence-electron chi connectivity index (χ0n) is 19.0. The molecule has 1 aliphatic heterocycles. The van der Waals surface area contributed by atoms with Crippen molar-refractivity contribution in [2.24, 2.45) is 11.8 Å². The van der Waals surface area contributed by atoms with Crippen molar-refractivity contribution in [3.8, 4) is 0 Å². The summed E-state index contributed by atoms with van der Waals surface area (Å²) < 4.78 is 12.6. The first kappa shape index (κ1) is 19.7. The number of hydrogen-bond acceptors (Lipinski definition) is 2. The van der Waals surface area contributed by atoms with E-state index in [0.717, 1.165) is 24.4 Å². The highest BCUT2D eigenvalue weighted by Crippen LogP contribution is 2.33. The normalized spacial score (nSPS) is 21.2. The molecule has 4 aromatic rings. The van der Waals surface area contributed by atoms with Crippen LogP contribution in [0.1, 0.15) is 12.8 Å². The molecule has 2 atom stereocenters. The van der Waals surface area contributed by atoms with Gasteiger partial charge in [0.15, 0.2) is 0 Å². The Balaban J connectivity index is 1.32. The monoisotopic (exact) mass is 442 g/mol. The molecule has 0 amide bonds. The van der Waals surface area contributed by atoms with Crippen molar-refractivity contribution in [1.29, 1.82) is 0 Å². The highest BCUT2D eigenvalue weighted by Gasteiger charge is 2.28. The van der Waals surface area contributed by atoms with Crippen molar-refractivity contribution in [3.63, 3.8) is 0 Å². The van der Waals surface area contributed by atoms with Crippen LogP contribution in [0.15, 0.2) is 84.3 Å². The molecule has 0 N–H and O–H groups in total. The summed E-state index contributed by atoms with van der Waals surface area (Å²) in [5.41, 5.74) is 0. The summed E-state index contributed by atoms with van der Waals surface area (Å²) in [6.45, 7) is 1.23. The Morgan fingerprint density at radius 1 is 0.500 bits per heavy atom. The molecule has 2 nitrogen and oxygen atoms in total. The van der Waals surface area contributed by atoms with Crippen LogP contribution in [0.2, 0.25) is 0 Å². The van der Waals surface area contributed by atoms with E-state index in [1.54, 1.807) is 0 Å². The van der Waals surface area contributed by atoms with Crippen molar-refractivity contribution in [1.82, 2.24) is 0 Å². The van der Waals surface area contributed by atoms with Crippen LogP contribution in [0.5, 0.6) is 0 Å². The molecule has 166 valence electrons. The van der Waals surface area contributed by atoms with Crippen molar-refractivity contribution in [2.75, 3.05) is 13.2 Å². The fourth-order valence-electron chi connectivity index (χ4n) is 5.66. The number of allylic oxidation sites excluding steroid dienone is 2. The van der Waals surface area contributed by atoms with Gasteiger partial charge in [-0.2, -0.15) is 0 Å². The van der Waals surface area contributed by atoms with Crippen LogP contribution in [0.4, 0.5) is 0 Å². The Bertz CT molecular complexity index is 1600. The average Bonchev–Trinajstić information content (AvgIpc) is 2.90. The first-order valence-electron chi connectivity index (χ1n) is 12.2. The number of ether oxygens (including phenoxy) is 2. The van der Waals surface area contributed by atoms with Gasteiger partial charge in [-0.25, -0.2) is 0 Å². The maximum Gasteiger partial charge on any atom is 0.141 e. The fourth-order valence-corrected chi connectivity index (χ4v) is 5.66. The van der Waals surface area contributed by atoms with E-state index in [0.29, 0.717) is 13.2 Å². The Labute approximate surface area is 198 Å². The summed E-state index contributed by atoms with van der Waals surface area (Å²) in [4.78, 5) is 0. The molecular weight excluding hydrogens is 416 g/mol. The van der Waals surface area contributed by atoms with E-state index in [9.17, 15) is 0 Å². The molecule has 3 aliphatic rings. The lowest BCUT2D eigenvalue weighted by Crippen LogP contribution is -2.33. The third-order valence-electron chi connectivity index (χ3n) is 7.36. The Hall–Kier alpha value is -3.78. The van der Waals surface area contributed by atoms with Crippen LogP contribution in [0, 0.1) is 11.8 Å². The smallest absolute Gasteiger partial charge is 0.141 e. The van der Waals surface area contributed by atoms with E-state index < -0.39 is 0 Å². The molecule has 2 unspecified atom stereocenters. The molecule has 1 heterocycles. The predicted octanol–water partition coefficient (Wildman–Crippen LogP) is 4.11. The molecular formula is C32H26O2. The van der Waals surface area contributed by atoms with E-state index in [2.05, 4.69) is 97.1 Å². The van der Waals surface area contributed by atoms with Crippen molar-refractivity contribution >= 4 is 45.8 Å². The minimum atomic E-state index is 0.204. The standard InChI is InChI=1S/C32H26O2/c1-3-7-23-17-29-19-27(11-9-25(29)15-21(23)5-1)31-32(34-14-13-33-31)28-12-10-26-16-22-6-2-4-8-24(22)18-30(26)20-28/h1-10,15-20,27-28H,11-14H2. The van der Waals surface area contributed by atoms with Crippen LogP contribution in [-0.2, 0) is 9.47 Å². The van der Waals surface area contributed by atoms with Gasteiger partial charge in [0, 0.05) is 11.8 Å². The summed E-state index contributed by atoms with van der Waals surface area (Å²) in [7, 11) is 0. The van der Waals surface area contributed by atoms with Gasteiger partial charge in [0.2, 0.25) is 0 Å². The second-order valence-corrected chi connectivity index (χ2v) is 9.51. The number of fused-ring (bicyclic) bond motifs is 4. The lowest BCUT2D eigenvalue weighted by atomic mass is 9.88. The van der Waals surface area contributed by atoms with Gasteiger partial charge in [-0.05, 0) is 79.5 Å². The van der Waals surface area contributed by atoms with Gasteiger partial charge in [-0.15, -0.1) is 0 Å². The van der Waals surface area contributed by atoms with Crippen LogP contribution >= 0.6 is 0 Å². The Kier molecular flexibility index (Phi) is 4.58. The lowest BCUT2D eigenvalue weighted by molar-refractivity contribution is 0.0418. The van der Waals surface area contributed by atoms with Crippen molar-refractivity contribution in [2.45, 2.75) is 12.8 Å². The maximum atomic E-state index is 6.31. The number of rotatable bonds is 2. The van der Waals surface area contributed by atoms with E-state index in [1.165, 1.54) is 42.4 Å². The van der Waals surface area contributed by atoms with Gasteiger partial charge in [0.05, 0.1) is 0 Å². The van der Waals surface area contributed by atoms with E-state index >= 15 is 0 Å². The van der Waals surface area contributed by atoms with E-state index in [4.69, 9.17) is 9.47 Å². The van der Waals surface area contributed by atoms with E-state index in [1.807, 2.05) is 0 Å². The predicted molar refractivity (Wildman–Crippen MR) is 139 cm³/mol. The molecule has 7 rings (SSSR count). The van der Waals surface area contributed by atoms with Gasteiger partial charge < -0.3 is 9.47 Å². The van der Waals surface area contributed by atoms with Gasteiger partial charge in [-0.1, -0.05) is 72.8 Å². The molecule has 0 fully saturated rings. The van der Waals surface area contributed by atoms with Crippen LogP contribution < -0.4 is 20.9 Å². The highest BCUT2D eigenvalue weighted by atomic mass is 16.6. The fraction of sp³-hybridized carbons (Fsp3) is 0.188. The molecule has 0 radical (unpaired) electrons. The van der Waals surface area contributed by atoms with Gasteiger partial charge >= 0.3 is 0 Å². The second kappa shape index (κ2) is 7.92. The van der Waals surface area contributed by atoms with Gasteiger partial charge in [-0.3, -0.25) is 0 Å². The molecule has 0 bridgehead atoms. The molecule has 2 aliphatic carbocycles. The molecule has 2 heteroatoms. The van der Waals surface area contributed by atoms with Crippen molar-refractivity contribution in [3.05, 3.63) is 105 Å². The van der Waals surface area contributed by atoms with E-state index in [-0.39, 0.29) is 11.8 Å². The Morgan fingerprint density at radius 3 is 1.29 bits per heavy atom. The molecule has 0 saturated heterocycles. The van der Waals surface area contributed by atoms with Crippen LogP contribution in [0.25, 0.3) is 45.8 Å². The lowest BCUT2D eigenvalue weighted by Gasteiger charge is -2.30. The summed E-state index contributed by atoms with van der Waals surface area (Å²) in [6.07, 6.45) is 11.3. The third kappa shape index (κ3) is 3.33. The minimum Gasteiger partial charge on any atom is -0.490 e. The second-order valence-electron chi connectivity index (χ2n) is 9.51. The summed E-state index contributed by atoms with van der Waals surface area (Å²) in [5, 5.41) is 10.3. The molecule has 0 saturated carbocycles. The highest BCUT2D eigenvalue weighted by molar-refractivity contribution is 5.84. The molecule has 4 aromatic carbocycles. The quantitative estimate of drug-likeness (QED) is 0.465. The van der Waals surface area contributed by atoms with Crippen LogP contribution in [-0.4, -0.2) is 13.2 Å². The molecule has 0 spiro atoms. The molecule has 0 aromatic heterocycles. The topological polar surface area (TPSA) is 18.5 Å². The first-order valence-corrected chi connectivity index (χ1v) is 12.2. The summed E-state index contributed by atoms with van der Waals surface area (Å²) in [6, 6.07) is 26.4. The largest absolute Gasteiger partial charge is 0.490 e. The van der Waals surface area contributed by atoms with Crippen LogP contribution in [0.3, 0.4) is 0 Å². The zero-order valence-corrected chi connectivity index (χ0v) is 19.0. The third-order valence-corrected chi connectivity index (χ3v) is 7.36. The Morgan fingerprint density at radius 2 is 0.882 bits per heavy atom. The summed E-state index contributed by atoms with van der Waals surface area (Å²) >= 11 is 0. The minimum absolute atomic E-state index is 0.204. The SMILES string of the molecule is C1=c2cc3ccccc3cc2=CC(C2=C(C3C=c4cc5ccccc5cc4=CC3)OCCO2)C1. The number of hydrogen-bond donors (Lipinski definition) is 0. The zero-order chi connectivity index (χ0) is 22.5. The number of benzene rings is 4. The molecule has 34 heavy (non-hydrogen) atoms. The van der Waals surface area contributed by atoms with Gasteiger partial charge in [0.25, 0.3) is 0 Å². The first-order chi connectivity index (χ1) is 16.8. The van der Waals surface area contributed by atoms with Gasteiger partial charge in [0.1, 0.15) is 24.7 Å². The average molecular weight is 443 g/mol. The summed E-state index contributed by atoms with van der Waals surface area (Å²) in [5.74, 6) is 2.44. The van der Waals surface area contributed by atoms with Crippen molar-refractivity contribution < 1.29 is 9.47 Å².